The molecule has 0 saturated carbocycles. The molecule has 0 heterocycles. The van der Waals surface area contributed by atoms with Gasteiger partial charge in [-0.1, -0.05) is 42.5 Å². The van der Waals surface area contributed by atoms with Crippen LogP contribution < -0.4 is 0 Å². The van der Waals surface area contributed by atoms with Gasteiger partial charge in [0.1, 0.15) is 0 Å². The summed E-state index contributed by atoms with van der Waals surface area (Å²) in [6.45, 7) is 0. The molecule has 1 nitrogen and oxygen atoms in total. The Balaban J connectivity index is 2.50. The van der Waals surface area contributed by atoms with Gasteiger partial charge >= 0.3 is 0 Å². The maximum Gasteiger partial charge on any atom is 0.187 e. The van der Waals surface area contributed by atoms with Crippen molar-refractivity contribution in [3.63, 3.8) is 0 Å². The summed E-state index contributed by atoms with van der Waals surface area (Å²) in [6.07, 6.45) is 3.52. The van der Waals surface area contributed by atoms with Crippen molar-refractivity contribution in [3.8, 4) is 0 Å². The lowest BCUT2D eigenvalue weighted by atomic mass is 10.0. The van der Waals surface area contributed by atoms with Gasteiger partial charge in [0.25, 0.3) is 0 Å². The fraction of sp³-hybridized carbons (Fsp3) is 0. The molecule has 2 aromatic rings. The van der Waals surface area contributed by atoms with Crippen molar-refractivity contribution in [2.45, 2.75) is 0 Å². The molecule has 1 aliphatic rings. The number of allylic oxidation sites excluding steroid dienone is 1. The summed E-state index contributed by atoms with van der Waals surface area (Å²) < 4.78 is 0. The number of hydrogen-bond acceptors (Lipinski definition) is 1. The normalized spacial score (nSPS) is 13.6. The fourth-order valence-corrected chi connectivity index (χ4v) is 1.95. The predicted molar refractivity (Wildman–Crippen MR) is 57.3 cm³/mol. The number of carbonyl (C=O) groups excluding carboxylic acids is 1. The molecular weight excluding hydrogens is 172 g/mol. The second-order valence-corrected chi connectivity index (χ2v) is 3.45. The zero-order valence-corrected chi connectivity index (χ0v) is 7.53. The van der Waals surface area contributed by atoms with Crippen LogP contribution in [-0.4, -0.2) is 5.78 Å². The Morgan fingerprint density at radius 1 is 0.857 bits per heavy atom. The molecule has 0 N–H and O–H groups in total. The number of hydrogen-bond donors (Lipinski definition) is 0. The largest absolute Gasteiger partial charge is 0.289 e. The number of carbonyl (C=O) groups is 1. The minimum atomic E-state index is 0.122. The molecule has 0 unspecified atom stereocenters. The molecule has 2 aromatic carbocycles. The summed E-state index contributed by atoms with van der Waals surface area (Å²) >= 11 is 0. The Morgan fingerprint density at radius 2 is 1.71 bits per heavy atom. The van der Waals surface area contributed by atoms with E-state index in [1.165, 1.54) is 0 Å². The van der Waals surface area contributed by atoms with Crippen molar-refractivity contribution in [2.24, 2.45) is 0 Å². The van der Waals surface area contributed by atoms with Crippen LogP contribution in [0.1, 0.15) is 15.9 Å². The van der Waals surface area contributed by atoms with E-state index in [0.29, 0.717) is 0 Å². The van der Waals surface area contributed by atoms with Crippen LogP contribution in [0.5, 0.6) is 0 Å². The molecule has 1 aliphatic carbocycles. The van der Waals surface area contributed by atoms with Crippen molar-refractivity contribution < 1.29 is 4.79 Å². The second kappa shape index (κ2) is 2.55. The fourth-order valence-electron chi connectivity index (χ4n) is 1.95. The molecule has 66 valence electrons. The lowest BCUT2D eigenvalue weighted by molar-refractivity contribution is 0.105. The van der Waals surface area contributed by atoms with Crippen molar-refractivity contribution in [3.05, 3.63) is 53.6 Å². The van der Waals surface area contributed by atoms with E-state index in [1.807, 2.05) is 36.4 Å². The molecule has 0 atom stereocenters. The van der Waals surface area contributed by atoms with Crippen LogP contribution in [0.3, 0.4) is 0 Å². The summed E-state index contributed by atoms with van der Waals surface area (Å²) in [6, 6.07) is 12.0. The molecule has 1 heteroatoms. The summed E-state index contributed by atoms with van der Waals surface area (Å²) in [5.74, 6) is 0.122. The molecule has 0 spiro atoms. The standard InChI is InChI=1S/C13H8O/c14-12-8-7-10-6-5-9-3-1-2-4-11(9)13(10)12/h1-8H. The SMILES string of the molecule is O=C1C=Cc2ccc3ccccc3c21. The first kappa shape index (κ1) is 7.51. The van der Waals surface area contributed by atoms with Gasteiger partial charge < -0.3 is 0 Å². The van der Waals surface area contributed by atoms with E-state index in [9.17, 15) is 4.79 Å². The minimum absolute atomic E-state index is 0.122. The lowest BCUT2D eigenvalue weighted by Gasteiger charge is -2.03. The first-order valence-corrected chi connectivity index (χ1v) is 4.60. The van der Waals surface area contributed by atoms with Crippen LogP contribution in [0.15, 0.2) is 42.5 Å². The Labute approximate surface area is 81.7 Å². The van der Waals surface area contributed by atoms with Gasteiger partial charge in [0.05, 0.1) is 0 Å². The third-order valence-corrected chi connectivity index (χ3v) is 2.62. The summed E-state index contributed by atoms with van der Waals surface area (Å²) in [7, 11) is 0. The van der Waals surface area contributed by atoms with Crippen LogP contribution in [0.25, 0.3) is 16.8 Å². The predicted octanol–water partition coefficient (Wildman–Crippen LogP) is 3.05. The third kappa shape index (κ3) is 0.867. The zero-order chi connectivity index (χ0) is 9.54. The van der Waals surface area contributed by atoms with E-state index in [0.717, 1.165) is 21.9 Å². The number of benzene rings is 2. The van der Waals surface area contributed by atoms with E-state index < -0.39 is 0 Å². The Morgan fingerprint density at radius 3 is 2.64 bits per heavy atom. The first-order chi connectivity index (χ1) is 6.86. The van der Waals surface area contributed by atoms with Gasteiger partial charge in [-0.15, -0.1) is 0 Å². The van der Waals surface area contributed by atoms with Crippen LogP contribution in [0.2, 0.25) is 0 Å². The van der Waals surface area contributed by atoms with Crippen molar-refractivity contribution in [2.75, 3.05) is 0 Å². The van der Waals surface area contributed by atoms with Crippen LogP contribution >= 0.6 is 0 Å². The van der Waals surface area contributed by atoms with Crippen LogP contribution in [0.4, 0.5) is 0 Å². The smallest absolute Gasteiger partial charge is 0.187 e. The van der Waals surface area contributed by atoms with E-state index in [2.05, 4.69) is 6.07 Å². The molecule has 0 aliphatic heterocycles. The highest BCUT2D eigenvalue weighted by Crippen LogP contribution is 2.27. The van der Waals surface area contributed by atoms with E-state index in [-0.39, 0.29) is 5.78 Å². The van der Waals surface area contributed by atoms with Gasteiger partial charge in [-0.3, -0.25) is 4.79 Å². The highest BCUT2D eigenvalue weighted by Gasteiger charge is 2.15. The highest BCUT2D eigenvalue weighted by atomic mass is 16.1. The topological polar surface area (TPSA) is 17.1 Å². The third-order valence-electron chi connectivity index (χ3n) is 2.62. The zero-order valence-electron chi connectivity index (χ0n) is 7.53. The number of rotatable bonds is 0. The van der Waals surface area contributed by atoms with Crippen molar-refractivity contribution >= 4 is 22.6 Å². The molecule has 0 saturated heterocycles. The molecule has 0 radical (unpaired) electrons. The average Bonchev–Trinajstić information content (AvgIpc) is 2.61. The Bertz CT molecular complexity index is 564. The summed E-state index contributed by atoms with van der Waals surface area (Å²) in [4.78, 5) is 11.6. The maximum atomic E-state index is 11.6. The molecule has 0 fully saturated rings. The van der Waals surface area contributed by atoms with Gasteiger partial charge in [0, 0.05) is 5.56 Å². The highest BCUT2D eigenvalue weighted by molar-refractivity contribution is 6.20. The average molecular weight is 180 g/mol. The second-order valence-electron chi connectivity index (χ2n) is 3.45. The molecule has 0 bridgehead atoms. The Kier molecular flexibility index (Phi) is 1.37. The van der Waals surface area contributed by atoms with Gasteiger partial charge in [0.15, 0.2) is 5.78 Å². The summed E-state index contributed by atoms with van der Waals surface area (Å²) in [5.41, 5.74) is 1.89. The minimum Gasteiger partial charge on any atom is -0.289 e. The number of fused-ring (bicyclic) bond motifs is 3. The van der Waals surface area contributed by atoms with E-state index in [1.54, 1.807) is 6.08 Å². The van der Waals surface area contributed by atoms with Crippen molar-refractivity contribution in [1.82, 2.24) is 0 Å². The molecular formula is C13H8O. The lowest BCUT2D eigenvalue weighted by Crippen LogP contribution is -1.92. The maximum absolute atomic E-state index is 11.6. The van der Waals surface area contributed by atoms with Crippen LogP contribution in [-0.2, 0) is 0 Å². The van der Waals surface area contributed by atoms with Gasteiger partial charge in [0.2, 0.25) is 0 Å². The van der Waals surface area contributed by atoms with Gasteiger partial charge in [-0.2, -0.15) is 0 Å². The number of ketones is 1. The van der Waals surface area contributed by atoms with E-state index in [4.69, 9.17) is 0 Å². The molecule has 0 amide bonds. The quantitative estimate of drug-likeness (QED) is 0.609. The summed E-state index contributed by atoms with van der Waals surface area (Å²) in [5, 5.41) is 2.18. The van der Waals surface area contributed by atoms with Crippen molar-refractivity contribution in [1.29, 1.82) is 0 Å². The monoisotopic (exact) mass is 180 g/mol. The molecule has 3 rings (SSSR count). The van der Waals surface area contributed by atoms with Gasteiger partial charge in [-0.25, -0.2) is 0 Å². The van der Waals surface area contributed by atoms with Crippen LogP contribution in [0, 0.1) is 0 Å². The van der Waals surface area contributed by atoms with E-state index >= 15 is 0 Å². The first-order valence-electron chi connectivity index (χ1n) is 4.60. The molecule has 0 aromatic heterocycles. The molecule has 14 heavy (non-hydrogen) atoms. The van der Waals surface area contributed by atoms with Gasteiger partial charge in [-0.05, 0) is 22.4 Å². The Hall–Kier alpha value is -1.89.